The number of hydrogen-bond donors (Lipinski definition) is 1. The third-order valence-corrected chi connectivity index (χ3v) is 6.81. The number of benzene rings is 2. The molecule has 32 heavy (non-hydrogen) atoms. The second-order valence-corrected chi connectivity index (χ2v) is 11.4. The zero-order chi connectivity index (χ0) is 23.7. The number of carbonyl (C=O) groups excluding carboxylic acids is 1. The van der Waals surface area contributed by atoms with Gasteiger partial charge in [-0.1, -0.05) is 23.8 Å². The number of sulfonamides is 1. The molecule has 0 spiro atoms. The summed E-state index contributed by atoms with van der Waals surface area (Å²) in [4.78, 5) is 12.8. The summed E-state index contributed by atoms with van der Waals surface area (Å²) in [6.45, 7) is 10.2. The first-order valence-electron chi connectivity index (χ1n) is 11.0. The van der Waals surface area contributed by atoms with Crippen molar-refractivity contribution in [1.29, 1.82) is 0 Å². The summed E-state index contributed by atoms with van der Waals surface area (Å²) in [5.74, 6) is 0.712. The molecule has 2 aromatic rings. The number of fused-ring (bicyclic) bond motifs is 1. The summed E-state index contributed by atoms with van der Waals surface area (Å²) < 4.78 is 32.3. The highest BCUT2D eigenvalue weighted by Crippen LogP contribution is 2.39. The van der Waals surface area contributed by atoms with Crippen molar-refractivity contribution in [1.82, 2.24) is 5.32 Å². The van der Waals surface area contributed by atoms with Crippen LogP contribution in [0.4, 0.5) is 5.69 Å². The molecule has 0 aliphatic carbocycles. The van der Waals surface area contributed by atoms with Crippen LogP contribution < -0.4 is 14.4 Å². The summed E-state index contributed by atoms with van der Waals surface area (Å²) in [6.07, 6.45) is 2.55. The van der Waals surface area contributed by atoms with Crippen LogP contribution in [0, 0.1) is 20.8 Å². The van der Waals surface area contributed by atoms with Gasteiger partial charge >= 0.3 is 0 Å². The van der Waals surface area contributed by atoms with E-state index in [0.29, 0.717) is 18.5 Å². The van der Waals surface area contributed by atoms with Gasteiger partial charge in [0, 0.05) is 24.9 Å². The van der Waals surface area contributed by atoms with E-state index >= 15 is 0 Å². The molecule has 0 saturated carbocycles. The normalized spacial score (nSPS) is 17.2. The smallest absolute Gasteiger partial charge is 0.232 e. The maximum absolute atomic E-state index is 12.8. The van der Waals surface area contributed by atoms with Gasteiger partial charge < -0.3 is 10.1 Å². The van der Waals surface area contributed by atoms with Crippen molar-refractivity contribution in [3.05, 3.63) is 58.7 Å². The van der Waals surface area contributed by atoms with E-state index in [-0.39, 0.29) is 30.5 Å². The lowest BCUT2D eigenvalue weighted by atomic mass is 9.89. The topological polar surface area (TPSA) is 75.7 Å². The Morgan fingerprint density at radius 3 is 2.38 bits per heavy atom. The molecule has 0 unspecified atom stereocenters. The molecule has 0 saturated heterocycles. The fourth-order valence-corrected chi connectivity index (χ4v) is 5.28. The van der Waals surface area contributed by atoms with Crippen LogP contribution in [0.2, 0.25) is 0 Å². The van der Waals surface area contributed by atoms with Crippen LogP contribution in [-0.4, -0.2) is 32.7 Å². The molecular formula is C25H34N2O4S. The average Bonchev–Trinajstić information content (AvgIpc) is 2.63. The molecule has 1 amide bonds. The number of anilines is 1. The highest BCUT2D eigenvalue weighted by molar-refractivity contribution is 7.92. The fraction of sp³-hybridized carbons (Fsp3) is 0.480. The van der Waals surface area contributed by atoms with Gasteiger partial charge in [0.15, 0.2) is 0 Å². The second-order valence-electron chi connectivity index (χ2n) is 9.51. The molecule has 1 aliphatic heterocycles. The van der Waals surface area contributed by atoms with Crippen molar-refractivity contribution in [3.63, 3.8) is 0 Å². The van der Waals surface area contributed by atoms with E-state index in [2.05, 4.69) is 11.4 Å². The monoisotopic (exact) mass is 458 g/mol. The van der Waals surface area contributed by atoms with Crippen molar-refractivity contribution in [2.45, 2.75) is 65.5 Å². The molecule has 1 atom stereocenters. The van der Waals surface area contributed by atoms with Gasteiger partial charge in [0.1, 0.15) is 11.4 Å². The number of ether oxygens (including phenoxy) is 1. The summed E-state index contributed by atoms with van der Waals surface area (Å²) in [6, 6.07) is 11.6. The fourth-order valence-electron chi connectivity index (χ4n) is 4.33. The predicted molar refractivity (Wildman–Crippen MR) is 129 cm³/mol. The zero-order valence-corrected chi connectivity index (χ0v) is 20.7. The number of hydrogen-bond acceptors (Lipinski definition) is 4. The van der Waals surface area contributed by atoms with Crippen LogP contribution in [0.15, 0.2) is 36.4 Å². The van der Waals surface area contributed by atoms with E-state index in [9.17, 15) is 13.2 Å². The maximum atomic E-state index is 12.8. The third kappa shape index (κ3) is 6.03. The molecule has 0 radical (unpaired) electrons. The minimum atomic E-state index is -3.45. The van der Waals surface area contributed by atoms with Crippen LogP contribution >= 0.6 is 0 Å². The van der Waals surface area contributed by atoms with E-state index < -0.39 is 10.0 Å². The van der Waals surface area contributed by atoms with Crippen molar-refractivity contribution in [2.75, 3.05) is 17.1 Å². The Morgan fingerprint density at radius 2 is 1.75 bits per heavy atom. The van der Waals surface area contributed by atoms with E-state index in [0.717, 1.165) is 28.0 Å². The van der Waals surface area contributed by atoms with Crippen LogP contribution in [0.5, 0.6) is 5.75 Å². The van der Waals surface area contributed by atoms with Crippen molar-refractivity contribution < 1.29 is 17.9 Å². The van der Waals surface area contributed by atoms with Crippen molar-refractivity contribution >= 4 is 21.6 Å². The van der Waals surface area contributed by atoms with Crippen molar-refractivity contribution in [2.24, 2.45) is 0 Å². The summed E-state index contributed by atoms with van der Waals surface area (Å²) in [7, 11) is -3.45. The predicted octanol–water partition coefficient (Wildman–Crippen LogP) is 4.58. The molecule has 3 rings (SSSR count). The molecule has 6 nitrogen and oxygen atoms in total. The van der Waals surface area contributed by atoms with Crippen LogP contribution in [0.25, 0.3) is 0 Å². The lowest BCUT2D eigenvalue weighted by molar-refractivity contribution is -0.122. The molecule has 174 valence electrons. The molecule has 0 bridgehead atoms. The van der Waals surface area contributed by atoms with Crippen LogP contribution in [-0.2, 0) is 14.8 Å². The van der Waals surface area contributed by atoms with E-state index in [1.54, 1.807) is 0 Å². The molecule has 0 aromatic heterocycles. The highest BCUT2D eigenvalue weighted by atomic mass is 32.2. The summed E-state index contributed by atoms with van der Waals surface area (Å²) >= 11 is 0. The van der Waals surface area contributed by atoms with Gasteiger partial charge in [0.05, 0.1) is 18.0 Å². The minimum absolute atomic E-state index is 0.0889. The molecule has 0 fully saturated rings. The summed E-state index contributed by atoms with van der Waals surface area (Å²) in [5.41, 5.74) is 4.37. The number of nitrogens with one attached hydrogen (secondary N) is 1. The molecule has 2 aromatic carbocycles. The SMILES string of the molecule is Cc1cc(C)cc(N(CCCC(=O)N[C@@H]2CC(C)(C)Oc3ccc(C)cc32)S(C)(=O)=O)c1. The Bertz CT molecular complexity index is 1090. The number of amides is 1. The number of nitrogens with zero attached hydrogens (tertiary/aromatic N) is 1. The highest BCUT2D eigenvalue weighted by Gasteiger charge is 2.34. The minimum Gasteiger partial charge on any atom is -0.487 e. The Morgan fingerprint density at radius 1 is 1.09 bits per heavy atom. The Labute approximate surface area is 192 Å². The standard InChI is InChI=1S/C25H34N2O4S/c1-17-9-10-23-21(15-17)22(16-25(4,5)31-23)26-24(28)8-7-11-27(32(6,29)30)20-13-18(2)12-19(3)14-20/h9-10,12-15,22H,7-8,11,16H2,1-6H3,(H,26,28)/t22-/m1/s1. The Hall–Kier alpha value is -2.54. The van der Waals surface area contributed by atoms with Gasteiger partial charge in [-0.05, 0) is 70.4 Å². The first kappa shape index (κ1) is 24.1. The average molecular weight is 459 g/mol. The third-order valence-electron chi connectivity index (χ3n) is 5.62. The summed E-state index contributed by atoms with van der Waals surface area (Å²) in [5, 5.41) is 3.14. The second kappa shape index (κ2) is 9.14. The van der Waals surface area contributed by atoms with Gasteiger partial charge in [0.2, 0.25) is 15.9 Å². The quantitative estimate of drug-likeness (QED) is 0.659. The number of carbonyl (C=O) groups is 1. The molecule has 7 heteroatoms. The van der Waals surface area contributed by atoms with E-state index in [4.69, 9.17) is 4.74 Å². The van der Waals surface area contributed by atoms with Gasteiger partial charge in [0.25, 0.3) is 0 Å². The largest absolute Gasteiger partial charge is 0.487 e. The molecule has 1 N–H and O–H groups in total. The van der Waals surface area contributed by atoms with Crippen LogP contribution in [0.3, 0.4) is 0 Å². The van der Waals surface area contributed by atoms with Gasteiger partial charge in [-0.25, -0.2) is 8.42 Å². The lowest BCUT2D eigenvalue weighted by Crippen LogP contribution is -2.41. The van der Waals surface area contributed by atoms with E-state index in [1.165, 1.54) is 10.6 Å². The number of aryl methyl sites for hydroxylation is 3. The van der Waals surface area contributed by atoms with Crippen molar-refractivity contribution in [3.8, 4) is 5.75 Å². The molecule has 1 heterocycles. The molecule has 1 aliphatic rings. The maximum Gasteiger partial charge on any atom is 0.232 e. The van der Waals surface area contributed by atoms with Gasteiger partial charge in [-0.15, -0.1) is 0 Å². The van der Waals surface area contributed by atoms with E-state index in [1.807, 2.05) is 65.0 Å². The van der Waals surface area contributed by atoms with Crippen LogP contribution in [0.1, 0.15) is 61.4 Å². The number of rotatable bonds is 7. The molecular weight excluding hydrogens is 424 g/mol. The Kier molecular flexibility index (Phi) is 6.89. The first-order valence-corrected chi connectivity index (χ1v) is 12.8. The van der Waals surface area contributed by atoms with Gasteiger partial charge in [-0.2, -0.15) is 0 Å². The van der Waals surface area contributed by atoms with Gasteiger partial charge in [-0.3, -0.25) is 9.10 Å². The lowest BCUT2D eigenvalue weighted by Gasteiger charge is -2.38. The zero-order valence-electron chi connectivity index (χ0n) is 19.9. The first-order chi connectivity index (χ1) is 14.8. The Balaban J connectivity index is 1.67.